The lowest BCUT2D eigenvalue weighted by Gasteiger charge is -2.05. The van der Waals surface area contributed by atoms with Crippen LogP contribution in [0.2, 0.25) is 0 Å². The van der Waals surface area contributed by atoms with Gasteiger partial charge in [-0.1, -0.05) is 12.1 Å². The van der Waals surface area contributed by atoms with Crippen LogP contribution in [0.4, 0.5) is 4.79 Å². The van der Waals surface area contributed by atoms with Gasteiger partial charge in [0.25, 0.3) is 0 Å². The van der Waals surface area contributed by atoms with Crippen LogP contribution < -0.4 is 5.32 Å². The third-order valence-electron chi connectivity index (χ3n) is 2.55. The van der Waals surface area contributed by atoms with Gasteiger partial charge in [-0.2, -0.15) is 0 Å². The van der Waals surface area contributed by atoms with Gasteiger partial charge >= 0.3 is 6.09 Å². The zero-order chi connectivity index (χ0) is 13.0. The maximum absolute atomic E-state index is 11.0. The predicted molar refractivity (Wildman–Crippen MR) is 78.5 cm³/mol. The summed E-state index contributed by atoms with van der Waals surface area (Å²) in [6, 6.07) is 8.34. The molecule has 0 spiro atoms. The number of halogens is 1. The summed E-state index contributed by atoms with van der Waals surface area (Å²) in [5.41, 5.74) is 2.44. The van der Waals surface area contributed by atoms with E-state index in [1.165, 1.54) is 21.8 Å². The summed E-state index contributed by atoms with van der Waals surface area (Å²) in [4.78, 5) is 15.2. The summed E-state index contributed by atoms with van der Waals surface area (Å²) >= 11 is 2.30. The fraction of sp³-hybridized carbons (Fsp3) is 0.231. The molecule has 0 aliphatic carbocycles. The third-order valence-corrected chi connectivity index (χ3v) is 3.22. The molecule has 0 bridgehead atoms. The maximum Gasteiger partial charge on any atom is 0.412 e. The smallest absolute Gasteiger partial charge is 0.412 e. The van der Waals surface area contributed by atoms with Crippen LogP contribution in [-0.2, 0) is 11.2 Å². The van der Waals surface area contributed by atoms with Crippen LogP contribution in [0.1, 0.15) is 12.0 Å². The lowest BCUT2D eigenvalue weighted by Crippen LogP contribution is -2.29. The quantitative estimate of drug-likeness (QED) is 0.829. The fourth-order valence-electron chi connectivity index (χ4n) is 1.74. The molecule has 0 unspecified atom stereocenters. The standard InChI is InChI=1S/C13H13IN2O2/c1-18-13(17)16-12-7-10(8-15-12)5-9-3-2-4-11(14)6-9/h2-4,6,8H,5,7H2,1H3,(H,15,16,17). The van der Waals surface area contributed by atoms with Gasteiger partial charge < -0.3 is 4.74 Å². The summed E-state index contributed by atoms with van der Waals surface area (Å²) in [5.74, 6) is 0.641. The number of nitrogens with one attached hydrogen (secondary N) is 1. The Hall–Kier alpha value is -1.37. The lowest BCUT2D eigenvalue weighted by molar-refractivity contribution is 0.176. The minimum atomic E-state index is -0.474. The van der Waals surface area contributed by atoms with Gasteiger partial charge in [-0.3, -0.25) is 5.32 Å². The highest BCUT2D eigenvalue weighted by Gasteiger charge is 2.13. The SMILES string of the molecule is COC(=O)NC1=NC=C(Cc2cccc(I)c2)C1. The van der Waals surface area contributed by atoms with E-state index in [1.807, 2.05) is 12.3 Å². The first-order valence-electron chi connectivity index (χ1n) is 5.51. The number of amides is 1. The monoisotopic (exact) mass is 356 g/mol. The normalized spacial score (nSPS) is 13.9. The number of hydrogen-bond acceptors (Lipinski definition) is 3. The maximum atomic E-state index is 11.0. The second kappa shape index (κ2) is 5.99. The summed E-state index contributed by atoms with van der Waals surface area (Å²) in [6.45, 7) is 0. The number of carbonyl (C=O) groups excluding carboxylic acids is 1. The highest BCUT2D eigenvalue weighted by molar-refractivity contribution is 14.1. The van der Waals surface area contributed by atoms with Crippen LogP contribution in [0, 0.1) is 3.57 Å². The topological polar surface area (TPSA) is 50.7 Å². The van der Waals surface area contributed by atoms with E-state index in [0.29, 0.717) is 12.3 Å². The zero-order valence-electron chi connectivity index (χ0n) is 9.94. The average Bonchev–Trinajstić information content (AvgIpc) is 2.76. The van der Waals surface area contributed by atoms with Crippen molar-refractivity contribution < 1.29 is 9.53 Å². The van der Waals surface area contributed by atoms with Crippen molar-refractivity contribution in [3.8, 4) is 0 Å². The van der Waals surface area contributed by atoms with Crippen LogP contribution in [-0.4, -0.2) is 19.0 Å². The van der Waals surface area contributed by atoms with E-state index in [-0.39, 0.29) is 0 Å². The van der Waals surface area contributed by atoms with E-state index in [2.05, 4.69) is 55.8 Å². The van der Waals surface area contributed by atoms with Crippen molar-refractivity contribution in [2.45, 2.75) is 12.8 Å². The van der Waals surface area contributed by atoms with Gasteiger partial charge in [0.05, 0.1) is 7.11 Å². The Bertz CT molecular complexity index is 523. The molecule has 1 aliphatic rings. The van der Waals surface area contributed by atoms with E-state index in [0.717, 1.165) is 6.42 Å². The van der Waals surface area contributed by atoms with E-state index in [4.69, 9.17) is 0 Å². The van der Waals surface area contributed by atoms with Gasteiger partial charge in [-0.25, -0.2) is 9.79 Å². The van der Waals surface area contributed by atoms with Crippen LogP contribution in [0.15, 0.2) is 41.0 Å². The molecule has 0 radical (unpaired) electrons. The number of amidine groups is 1. The Morgan fingerprint density at radius 1 is 1.56 bits per heavy atom. The van der Waals surface area contributed by atoms with Gasteiger partial charge in [0.15, 0.2) is 0 Å². The Kier molecular flexibility index (Phi) is 4.35. The number of carbonyl (C=O) groups is 1. The second-order valence-electron chi connectivity index (χ2n) is 3.96. The molecule has 1 aromatic carbocycles. The highest BCUT2D eigenvalue weighted by atomic mass is 127. The molecule has 4 nitrogen and oxygen atoms in total. The van der Waals surface area contributed by atoms with E-state index >= 15 is 0 Å². The first-order chi connectivity index (χ1) is 8.67. The third kappa shape index (κ3) is 3.56. The molecule has 18 heavy (non-hydrogen) atoms. The summed E-state index contributed by atoms with van der Waals surface area (Å²) < 4.78 is 5.75. The first-order valence-corrected chi connectivity index (χ1v) is 6.59. The van der Waals surface area contributed by atoms with Crippen molar-refractivity contribution >= 4 is 34.5 Å². The molecule has 0 fully saturated rings. The Morgan fingerprint density at radius 3 is 3.11 bits per heavy atom. The van der Waals surface area contributed by atoms with Crippen molar-refractivity contribution in [2.24, 2.45) is 4.99 Å². The number of hydrogen-bond donors (Lipinski definition) is 1. The molecule has 5 heteroatoms. The summed E-state index contributed by atoms with van der Waals surface area (Å²) in [6.07, 6.45) is 2.86. The lowest BCUT2D eigenvalue weighted by atomic mass is 10.0. The van der Waals surface area contributed by atoms with Gasteiger partial charge in [0.1, 0.15) is 5.84 Å². The molecule has 1 aromatic rings. The fourth-order valence-corrected chi connectivity index (χ4v) is 2.35. The largest absolute Gasteiger partial charge is 0.453 e. The Labute approximate surface area is 119 Å². The average molecular weight is 356 g/mol. The molecule has 0 aromatic heterocycles. The Balaban J connectivity index is 1.90. The molecule has 2 rings (SSSR count). The number of benzene rings is 1. The van der Waals surface area contributed by atoms with Crippen molar-refractivity contribution in [1.82, 2.24) is 5.32 Å². The van der Waals surface area contributed by atoms with Gasteiger partial charge in [-0.15, -0.1) is 0 Å². The van der Waals surface area contributed by atoms with E-state index < -0.39 is 6.09 Å². The van der Waals surface area contributed by atoms with E-state index in [1.54, 1.807) is 0 Å². The number of methoxy groups -OCH3 is 1. The van der Waals surface area contributed by atoms with Gasteiger partial charge in [-0.05, 0) is 52.3 Å². The molecule has 1 heterocycles. The molecule has 1 N–H and O–H groups in total. The number of ether oxygens (including phenoxy) is 1. The molecule has 0 atom stereocenters. The molecule has 0 saturated carbocycles. The molecular formula is C13H13IN2O2. The number of alkyl carbamates (subject to hydrolysis) is 1. The molecular weight excluding hydrogens is 343 g/mol. The molecule has 1 aliphatic heterocycles. The van der Waals surface area contributed by atoms with Crippen molar-refractivity contribution in [3.05, 3.63) is 45.2 Å². The number of aliphatic imine (C=N–C) groups is 1. The molecule has 0 saturated heterocycles. The van der Waals surface area contributed by atoms with Crippen molar-refractivity contribution in [3.63, 3.8) is 0 Å². The predicted octanol–water partition coefficient (Wildman–Crippen LogP) is 2.88. The Morgan fingerprint density at radius 2 is 2.39 bits per heavy atom. The highest BCUT2D eigenvalue weighted by Crippen LogP contribution is 2.18. The van der Waals surface area contributed by atoms with Crippen molar-refractivity contribution in [1.29, 1.82) is 0 Å². The number of nitrogens with zero attached hydrogens (tertiary/aromatic N) is 1. The van der Waals surface area contributed by atoms with E-state index in [9.17, 15) is 4.79 Å². The van der Waals surface area contributed by atoms with Crippen molar-refractivity contribution in [2.75, 3.05) is 7.11 Å². The zero-order valence-corrected chi connectivity index (χ0v) is 12.1. The molecule has 94 valence electrons. The minimum absolute atomic E-state index is 0.474. The summed E-state index contributed by atoms with van der Waals surface area (Å²) in [7, 11) is 1.34. The number of rotatable bonds is 2. The minimum Gasteiger partial charge on any atom is -0.453 e. The van der Waals surface area contributed by atoms with Gasteiger partial charge in [0, 0.05) is 16.2 Å². The van der Waals surface area contributed by atoms with Crippen LogP contribution in [0.25, 0.3) is 0 Å². The molecule has 1 amide bonds. The summed E-state index contributed by atoms with van der Waals surface area (Å²) in [5, 5.41) is 2.59. The van der Waals surface area contributed by atoms with Gasteiger partial charge in [0.2, 0.25) is 0 Å². The van der Waals surface area contributed by atoms with Crippen LogP contribution in [0.3, 0.4) is 0 Å². The van der Waals surface area contributed by atoms with Crippen LogP contribution in [0.5, 0.6) is 0 Å². The first kappa shape index (κ1) is 13.1. The van der Waals surface area contributed by atoms with Crippen LogP contribution >= 0.6 is 22.6 Å². The second-order valence-corrected chi connectivity index (χ2v) is 5.21.